The molecule has 3 aliphatic heterocycles. The third-order valence-corrected chi connectivity index (χ3v) is 7.37. The molecular weight excluding hydrogens is 468 g/mol. The van der Waals surface area contributed by atoms with Crippen molar-refractivity contribution in [1.82, 2.24) is 39.5 Å². The summed E-state index contributed by atoms with van der Waals surface area (Å²) in [5.41, 5.74) is 8.85. The van der Waals surface area contributed by atoms with E-state index in [-0.39, 0.29) is 6.03 Å². The van der Waals surface area contributed by atoms with Crippen molar-refractivity contribution in [2.45, 2.75) is 39.4 Å². The summed E-state index contributed by atoms with van der Waals surface area (Å²) in [6.45, 7) is 6.42. The Kier molecular flexibility index (Phi) is 5.28. The van der Waals surface area contributed by atoms with Gasteiger partial charge in [0, 0.05) is 42.8 Å². The molecule has 37 heavy (non-hydrogen) atoms. The molecule has 10 nitrogen and oxygen atoms in total. The second kappa shape index (κ2) is 8.81. The van der Waals surface area contributed by atoms with Gasteiger partial charge in [-0.2, -0.15) is 5.10 Å². The second-order valence-electron chi connectivity index (χ2n) is 9.84. The maximum absolute atomic E-state index is 12.9. The molecule has 188 valence electrons. The van der Waals surface area contributed by atoms with Crippen molar-refractivity contribution in [2.75, 3.05) is 26.3 Å². The Labute approximate surface area is 214 Å². The number of hydrogen-bond acceptors (Lipinski definition) is 6. The summed E-state index contributed by atoms with van der Waals surface area (Å²) in [5, 5.41) is 4.95. The van der Waals surface area contributed by atoms with Crippen molar-refractivity contribution in [3.63, 3.8) is 0 Å². The summed E-state index contributed by atoms with van der Waals surface area (Å²) in [5.74, 6) is 0.726. The standard InChI is InChI=1S/C27H28N8O2/c1-17-4-2-5-19(29-17)25-24(23-6-3-9-35(23)32-25)18-7-8-28-20(14-18)26-30-21-15-34(16-22(21)31-26)27(36)33-10-12-37-13-11-33/h2,4-5,7-8,14H,3,6,9-13,15-16H2,1H3,(H,30,31). The lowest BCUT2D eigenvalue weighted by Crippen LogP contribution is -2.46. The smallest absolute Gasteiger partial charge is 0.320 e. The highest BCUT2D eigenvalue weighted by Gasteiger charge is 2.31. The van der Waals surface area contributed by atoms with Gasteiger partial charge in [0.25, 0.3) is 0 Å². The third kappa shape index (κ3) is 3.88. The molecule has 4 aromatic heterocycles. The van der Waals surface area contributed by atoms with Crippen molar-refractivity contribution in [3.05, 3.63) is 59.3 Å². The van der Waals surface area contributed by atoms with E-state index in [2.05, 4.69) is 20.7 Å². The molecule has 7 rings (SSSR count). The van der Waals surface area contributed by atoms with E-state index < -0.39 is 0 Å². The lowest BCUT2D eigenvalue weighted by Gasteiger charge is -2.30. The van der Waals surface area contributed by atoms with Crippen LogP contribution in [0.3, 0.4) is 0 Å². The first-order valence-corrected chi connectivity index (χ1v) is 12.8. The van der Waals surface area contributed by atoms with Gasteiger partial charge in [0.05, 0.1) is 43.4 Å². The number of hydrogen-bond donors (Lipinski definition) is 1. The molecule has 0 atom stereocenters. The molecule has 1 N–H and O–H groups in total. The molecule has 7 heterocycles. The topological polar surface area (TPSA) is 105 Å². The first-order valence-electron chi connectivity index (χ1n) is 12.8. The Hall–Kier alpha value is -4.05. The van der Waals surface area contributed by atoms with E-state index in [1.165, 1.54) is 5.69 Å². The average molecular weight is 497 g/mol. The number of morpholine rings is 1. The zero-order valence-corrected chi connectivity index (χ0v) is 20.8. The molecule has 2 amide bonds. The van der Waals surface area contributed by atoms with Gasteiger partial charge in [0.15, 0.2) is 5.82 Å². The normalized spacial score (nSPS) is 16.8. The first kappa shape index (κ1) is 22.2. The van der Waals surface area contributed by atoms with E-state index in [4.69, 9.17) is 19.8 Å². The van der Waals surface area contributed by atoms with Crippen LogP contribution in [-0.4, -0.2) is 71.9 Å². The van der Waals surface area contributed by atoms with Crippen molar-refractivity contribution in [1.29, 1.82) is 0 Å². The summed E-state index contributed by atoms with van der Waals surface area (Å²) >= 11 is 0. The fourth-order valence-corrected chi connectivity index (χ4v) is 5.55. The minimum Gasteiger partial charge on any atom is -0.378 e. The minimum atomic E-state index is 0.0451. The monoisotopic (exact) mass is 496 g/mol. The predicted octanol–water partition coefficient (Wildman–Crippen LogP) is 3.42. The highest BCUT2D eigenvalue weighted by Crippen LogP contribution is 2.38. The number of nitrogens with zero attached hydrogens (tertiary/aromatic N) is 7. The van der Waals surface area contributed by atoms with Crippen molar-refractivity contribution in [3.8, 4) is 34.0 Å². The van der Waals surface area contributed by atoms with Gasteiger partial charge in [-0.1, -0.05) is 6.07 Å². The van der Waals surface area contributed by atoms with Gasteiger partial charge in [-0.25, -0.2) is 9.78 Å². The number of urea groups is 1. The minimum absolute atomic E-state index is 0.0451. The van der Waals surface area contributed by atoms with Crippen LogP contribution < -0.4 is 0 Å². The molecule has 0 saturated carbocycles. The average Bonchev–Trinajstić information content (AvgIpc) is 3.69. The number of pyridine rings is 2. The van der Waals surface area contributed by atoms with Crippen LogP contribution in [0.2, 0.25) is 0 Å². The summed E-state index contributed by atoms with van der Waals surface area (Å²) in [6, 6.07) is 10.2. The maximum atomic E-state index is 12.9. The summed E-state index contributed by atoms with van der Waals surface area (Å²) in [4.78, 5) is 34.2. The SMILES string of the molecule is Cc1cccc(-c2nn3c(c2-c2ccnc(-c4nc5c([nH]4)CN(C(=O)N4CCOCC4)C5)c2)CCC3)n1. The molecule has 1 saturated heterocycles. The van der Waals surface area contributed by atoms with Crippen LogP contribution in [-0.2, 0) is 30.8 Å². The number of imidazole rings is 1. The number of carbonyl (C=O) groups is 1. The highest BCUT2D eigenvalue weighted by molar-refractivity contribution is 5.83. The van der Waals surface area contributed by atoms with Crippen molar-refractivity contribution < 1.29 is 9.53 Å². The van der Waals surface area contributed by atoms with Crippen LogP contribution in [0.1, 0.15) is 29.2 Å². The zero-order valence-electron chi connectivity index (χ0n) is 20.8. The number of nitrogens with one attached hydrogen (secondary N) is 1. The number of ether oxygens (including phenoxy) is 1. The first-order chi connectivity index (χ1) is 18.1. The zero-order chi connectivity index (χ0) is 24.9. The van der Waals surface area contributed by atoms with E-state index in [0.717, 1.165) is 70.5 Å². The Bertz CT molecular complexity index is 1480. The number of rotatable bonds is 3. The number of carbonyl (C=O) groups excluding carboxylic acids is 1. The van der Waals surface area contributed by atoms with E-state index in [0.29, 0.717) is 39.4 Å². The van der Waals surface area contributed by atoms with Gasteiger partial charge in [-0.3, -0.25) is 14.6 Å². The quantitative estimate of drug-likeness (QED) is 0.466. The molecule has 0 radical (unpaired) electrons. The van der Waals surface area contributed by atoms with Gasteiger partial charge in [0.1, 0.15) is 11.4 Å². The fourth-order valence-electron chi connectivity index (χ4n) is 5.55. The fraction of sp³-hybridized carbons (Fsp3) is 0.370. The van der Waals surface area contributed by atoms with Crippen LogP contribution in [0, 0.1) is 6.92 Å². The highest BCUT2D eigenvalue weighted by atomic mass is 16.5. The number of aromatic nitrogens is 6. The molecule has 0 aliphatic carbocycles. The van der Waals surface area contributed by atoms with Crippen LogP contribution in [0.25, 0.3) is 34.0 Å². The van der Waals surface area contributed by atoms with Gasteiger partial charge in [-0.15, -0.1) is 0 Å². The lowest BCUT2D eigenvalue weighted by atomic mass is 10.00. The van der Waals surface area contributed by atoms with Gasteiger partial charge in [-0.05, 0) is 49.6 Å². The molecule has 1 fully saturated rings. The Morgan fingerprint density at radius 2 is 1.92 bits per heavy atom. The number of aromatic amines is 1. The van der Waals surface area contributed by atoms with E-state index in [9.17, 15) is 4.79 Å². The molecular formula is C27H28N8O2. The number of H-pyrrole nitrogens is 1. The molecule has 0 unspecified atom stereocenters. The molecule has 4 aromatic rings. The van der Waals surface area contributed by atoms with Crippen LogP contribution in [0.4, 0.5) is 4.79 Å². The van der Waals surface area contributed by atoms with Crippen LogP contribution >= 0.6 is 0 Å². The summed E-state index contributed by atoms with van der Waals surface area (Å²) in [6.07, 6.45) is 3.92. The van der Waals surface area contributed by atoms with E-state index in [1.807, 2.05) is 47.2 Å². The largest absolute Gasteiger partial charge is 0.378 e. The van der Waals surface area contributed by atoms with Gasteiger partial charge < -0.3 is 19.5 Å². The van der Waals surface area contributed by atoms with Crippen molar-refractivity contribution in [2.24, 2.45) is 0 Å². The molecule has 0 bridgehead atoms. The molecule has 3 aliphatic rings. The Morgan fingerprint density at radius 3 is 2.76 bits per heavy atom. The molecule has 10 heteroatoms. The Morgan fingerprint density at radius 1 is 1.03 bits per heavy atom. The molecule has 0 spiro atoms. The molecule has 0 aromatic carbocycles. The number of aryl methyl sites for hydroxylation is 2. The predicted molar refractivity (Wildman–Crippen MR) is 136 cm³/mol. The second-order valence-corrected chi connectivity index (χ2v) is 9.84. The maximum Gasteiger partial charge on any atom is 0.320 e. The van der Waals surface area contributed by atoms with E-state index in [1.54, 1.807) is 0 Å². The van der Waals surface area contributed by atoms with Gasteiger partial charge >= 0.3 is 6.03 Å². The summed E-state index contributed by atoms with van der Waals surface area (Å²) in [7, 11) is 0. The van der Waals surface area contributed by atoms with Crippen LogP contribution in [0.5, 0.6) is 0 Å². The van der Waals surface area contributed by atoms with Crippen molar-refractivity contribution >= 4 is 6.03 Å². The lowest BCUT2D eigenvalue weighted by molar-refractivity contribution is 0.0428. The third-order valence-electron chi connectivity index (χ3n) is 7.37. The summed E-state index contributed by atoms with van der Waals surface area (Å²) < 4.78 is 7.50. The Balaban J connectivity index is 1.19. The number of fused-ring (bicyclic) bond motifs is 2. The van der Waals surface area contributed by atoms with Gasteiger partial charge in [0.2, 0.25) is 0 Å². The van der Waals surface area contributed by atoms with E-state index >= 15 is 0 Å². The number of amides is 2. The van der Waals surface area contributed by atoms with Crippen LogP contribution in [0.15, 0.2) is 36.5 Å².